The third-order valence-electron chi connectivity index (χ3n) is 4.35. The first-order chi connectivity index (χ1) is 12.0. The molecular formula is C17H23N3O5. The van der Waals surface area contributed by atoms with Gasteiger partial charge in [-0.25, -0.2) is 4.79 Å². The molecule has 136 valence electrons. The smallest absolute Gasteiger partial charge is 0.330 e. The van der Waals surface area contributed by atoms with Crippen LogP contribution >= 0.6 is 0 Å². The highest BCUT2D eigenvalue weighted by molar-refractivity contribution is 5.87. The van der Waals surface area contributed by atoms with Crippen molar-refractivity contribution in [3.63, 3.8) is 0 Å². The van der Waals surface area contributed by atoms with E-state index in [0.29, 0.717) is 24.3 Å². The van der Waals surface area contributed by atoms with Crippen molar-refractivity contribution in [2.24, 2.45) is 0 Å². The molecule has 0 spiro atoms. The molecule has 0 saturated carbocycles. The molecule has 1 atom stereocenters. The normalized spacial score (nSPS) is 16.8. The highest BCUT2D eigenvalue weighted by Gasteiger charge is 2.25. The van der Waals surface area contributed by atoms with Crippen LogP contribution in [0.5, 0.6) is 0 Å². The minimum atomic E-state index is -0.513. The molecule has 1 N–H and O–H groups in total. The summed E-state index contributed by atoms with van der Waals surface area (Å²) in [5.41, 5.74) is 1.14. The van der Waals surface area contributed by atoms with Crippen molar-refractivity contribution in [2.45, 2.75) is 13.0 Å². The number of aliphatic hydroxyl groups excluding tert-OH is 1. The highest BCUT2D eigenvalue weighted by atomic mass is 16.6. The van der Waals surface area contributed by atoms with Crippen LogP contribution in [0, 0.1) is 10.1 Å². The summed E-state index contributed by atoms with van der Waals surface area (Å²) in [7, 11) is 1.27. The van der Waals surface area contributed by atoms with E-state index in [4.69, 9.17) is 0 Å². The van der Waals surface area contributed by atoms with Gasteiger partial charge >= 0.3 is 5.97 Å². The van der Waals surface area contributed by atoms with Gasteiger partial charge in [-0.3, -0.25) is 15.0 Å². The van der Waals surface area contributed by atoms with E-state index < -0.39 is 10.9 Å². The van der Waals surface area contributed by atoms with Gasteiger partial charge < -0.3 is 14.7 Å². The number of benzene rings is 1. The Morgan fingerprint density at radius 2 is 2.08 bits per heavy atom. The van der Waals surface area contributed by atoms with Crippen LogP contribution in [-0.4, -0.2) is 66.8 Å². The zero-order valence-corrected chi connectivity index (χ0v) is 14.4. The second-order valence-electron chi connectivity index (χ2n) is 5.92. The lowest BCUT2D eigenvalue weighted by atomic mass is 10.1. The van der Waals surface area contributed by atoms with Gasteiger partial charge in [-0.15, -0.1) is 0 Å². The van der Waals surface area contributed by atoms with E-state index in [1.54, 1.807) is 12.1 Å². The lowest BCUT2D eigenvalue weighted by Gasteiger charge is -2.38. The Morgan fingerprint density at radius 3 is 2.64 bits per heavy atom. The fourth-order valence-electron chi connectivity index (χ4n) is 2.81. The van der Waals surface area contributed by atoms with Crippen molar-refractivity contribution in [1.29, 1.82) is 0 Å². The minimum absolute atomic E-state index is 0.00988. The van der Waals surface area contributed by atoms with Gasteiger partial charge in [0.1, 0.15) is 5.69 Å². The third-order valence-corrected chi connectivity index (χ3v) is 4.35. The summed E-state index contributed by atoms with van der Waals surface area (Å²) in [6.45, 7) is 4.85. The first kappa shape index (κ1) is 18.9. The van der Waals surface area contributed by atoms with Gasteiger partial charge in [0.05, 0.1) is 18.6 Å². The topological polar surface area (TPSA) is 96.2 Å². The number of methoxy groups -OCH3 is 1. The number of hydrogen-bond acceptors (Lipinski definition) is 7. The van der Waals surface area contributed by atoms with Crippen LogP contribution in [0.15, 0.2) is 24.3 Å². The molecule has 1 fully saturated rings. The Hall–Kier alpha value is -2.45. The monoisotopic (exact) mass is 349 g/mol. The first-order valence-corrected chi connectivity index (χ1v) is 8.10. The molecule has 0 aromatic heterocycles. The van der Waals surface area contributed by atoms with Crippen LogP contribution in [0.2, 0.25) is 0 Å². The number of aliphatic hydroxyl groups is 1. The van der Waals surface area contributed by atoms with Crippen LogP contribution in [0.1, 0.15) is 12.5 Å². The van der Waals surface area contributed by atoms with Crippen molar-refractivity contribution in [3.05, 3.63) is 40.0 Å². The van der Waals surface area contributed by atoms with Crippen LogP contribution in [0.3, 0.4) is 0 Å². The predicted molar refractivity (Wildman–Crippen MR) is 94.5 cm³/mol. The van der Waals surface area contributed by atoms with E-state index in [1.165, 1.54) is 25.3 Å². The standard InChI is InChI=1S/C17H23N3O5/c1-13(12-21)18-7-9-19(10-8-18)15-5-3-14(4-6-17(22)25-2)11-16(15)20(23)24/h3-6,11,13,21H,7-10,12H2,1-2H3/b6-4+. The largest absolute Gasteiger partial charge is 0.466 e. The van der Waals surface area contributed by atoms with Gasteiger partial charge in [0, 0.05) is 44.4 Å². The van der Waals surface area contributed by atoms with Gasteiger partial charge in [0.2, 0.25) is 0 Å². The summed E-state index contributed by atoms with van der Waals surface area (Å²) in [6.07, 6.45) is 2.72. The number of esters is 1. The number of carbonyl (C=O) groups excluding carboxylic acids is 1. The van der Waals surface area contributed by atoms with Crippen molar-refractivity contribution in [1.82, 2.24) is 4.90 Å². The summed E-state index contributed by atoms with van der Waals surface area (Å²) >= 11 is 0. The molecule has 0 aliphatic carbocycles. The molecular weight excluding hydrogens is 326 g/mol. The van der Waals surface area contributed by atoms with E-state index in [0.717, 1.165) is 13.1 Å². The molecule has 1 aliphatic rings. The van der Waals surface area contributed by atoms with Crippen molar-refractivity contribution in [3.8, 4) is 0 Å². The molecule has 1 unspecified atom stereocenters. The van der Waals surface area contributed by atoms with Crippen LogP contribution in [0.4, 0.5) is 11.4 Å². The maximum absolute atomic E-state index is 11.4. The number of ether oxygens (including phenoxy) is 1. The van der Waals surface area contributed by atoms with Crippen LogP contribution in [-0.2, 0) is 9.53 Å². The molecule has 1 saturated heterocycles. The lowest BCUT2D eigenvalue weighted by molar-refractivity contribution is -0.384. The molecule has 8 heteroatoms. The molecule has 1 aromatic carbocycles. The second kappa shape index (κ2) is 8.59. The number of nitro benzene ring substituents is 1. The summed E-state index contributed by atoms with van der Waals surface area (Å²) in [6, 6.07) is 4.99. The SMILES string of the molecule is COC(=O)/C=C/c1ccc(N2CCN(C(C)CO)CC2)c([N+](=O)[O-])c1. The summed E-state index contributed by atoms with van der Waals surface area (Å²) in [4.78, 5) is 26.3. The maximum Gasteiger partial charge on any atom is 0.330 e. The van der Waals surface area contributed by atoms with Crippen LogP contribution < -0.4 is 4.90 Å². The zero-order chi connectivity index (χ0) is 18.4. The number of anilines is 1. The number of hydrogen-bond donors (Lipinski definition) is 1. The number of rotatable bonds is 6. The maximum atomic E-state index is 11.4. The first-order valence-electron chi connectivity index (χ1n) is 8.10. The van der Waals surface area contributed by atoms with Crippen LogP contribution in [0.25, 0.3) is 6.08 Å². The molecule has 1 aromatic rings. The minimum Gasteiger partial charge on any atom is -0.466 e. The molecule has 0 bridgehead atoms. The Morgan fingerprint density at radius 1 is 1.40 bits per heavy atom. The fraction of sp³-hybridized carbons (Fsp3) is 0.471. The third kappa shape index (κ3) is 4.77. The number of nitrogens with zero attached hydrogens (tertiary/aromatic N) is 3. The summed E-state index contributed by atoms with van der Waals surface area (Å²) < 4.78 is 4.52. The summed E-state index contributed by atoms with van der Waals surface area (Å²) in [5, 5.41) is 20.7. The molecule has 1 heterocycles. The summed E-state index contributed by atoms with van der Waals surface area (Å²) in [5.74, 6) is -0.513. The van der Waals surface area contributed by atoms with E-state index in [9.17, 15) is 20.0 Å². The van der Waals surface area contributed by atoms with Gasteiger partial charge in [0.15, 0.2) is 0 Å². The Kier molecular flexibility index (Phi) is 6.49. The van der Waals surface area contributed by atoms with Crippen molar-refractivity contribution >= 4 is 23.4 Å². The van der Waals surface area contributed by atoms with E-state index in [-0.39, 0.29) is 18.3 Å². The number of piperazine rings is 1. The lowest BCUT2D eigenvalue weighted by Crippen LogP contribution is -2.50. The van der Waals surface area contributed by atoms with Gasteiger partial charge in [-0.1, -0.05) is 6.07 Å². The van der Waals surface area contributed by atoms with Crippen molar-refractivity contribution in [2.75, 3.05) is 44.8 Å². The molecule has 0 radical (unpaired) electrons. The Bertz CT molecular complexity index is 654. The number of nitro groups is 1. The van der Waals surface area contributed by atoms with Gasteiger partial charge in [0.25, 0.3) is 5.69 Å². The molecule has 25 heavy (non-hydrogen) atoms. The second-order valence-corrected chi connectivity index (χ2v) is 5.92. The quantitative estimate of drug-likeness (QED) is 0.358. The van der Waals surface area contributed by atoms with E-state index >= 15 is 0 Å². The highest BCUT2D eigenvalue weighted by Crippen LogP contribution is 2.30. The van der Waals surface area contributed by atoms with Crippen molar-refractivity contribution < 1.29 is 19.6 Å². The Labute approximate surface area is 146 Å². The van der Waals surface area contributed by atoms with E-state index in [1.807, 2.05) is 11.8 Å². The van der Waals surface area contributed by atoms with Gasteiger partial charge in [-0.05, 0) is 24.6 Å². The molecule has 2 rings (SSSR count). The van der Waals surface area contributed by atoms with E-state index in [2.05, 4.69) is 9.64 Å². The predicted octanol–water partition coefficient (Wildman–Crippen LogP) is 1.28. The molecule has 8 nitrogen and oxygen atoms in total. The Balaban J connectivity index is 2.17. The number of carbonyl (C=O) groups is 1. The molecule has 1 aliphatic heterocycles. The zero-order valence-electron chi connectivity index (χ0n) is 14.4. The average Bonchev–Trinajstić information content (AvgIpc) is 2.65. The van der Waals surface area contributed by atoms with Gasteiger partial charge in [-0.2, -0.15) is 0 Å². The average molecular weight is 349 g/mol. The molecule has 0 amide bonds. The fourth-order valence-corrected chi connectivity index (χ4v) is 2.81.